The largest absolute Gasteiger partial charge is 0.313 e. The van der Waals surface area contributed by atoms with Crippen molar-refractivity contribution in [3.63, 3.8) is 0 Å². The fourth-order valence-electron chi connectivity index (χ4n) is 2.51. The molecule has 17 heavy (non-hydrogen) atoms. The van der Waals surface area contributed by atoms with Gasteiger partial charge in [0.1, 0.15) is 0 Å². The van der Waals surface area contributed by atoms with Crippen molar-refractivity contribution in [3.05, 3.63) is 0 Å². The van der Waals surface area contributed by atoms with E-state index in [-0.39, 0.29) is 18.8 Å². The Labute approximate surface area is 104 Å². The van der Waals surface area contributed by atoms with Crippen LogP contribution in [0.2, 0.25) is 0 Å². The maximum Gasteiger partial charge on any atom is 0.248 e. The zero-order chi connectivity index (χ0) is 12.9. The number of likely N-dealkylation sites (N-methyl/N-ethyl adjacent to an activating group) is 1. The smallest absolute Gasteiger partial charge is 0.248 e. The first kappa shape index (κ1) is 14.8. The first-order valence-corrected chi connectivity index (χ1v) is 6.69. The number of halogens is 2. The minimum atomic E-state index is -2.42. The summed E-state index contributed by atoms with van der Waals surface area (Å²) in [5, 5.41) is 3.34. The molecule has 0 radical (unpaired) electrons. The van der Waals surface area contributed by atoms with Gasteiger partial charge in [0.05, 0.1) is 0 Å². The lowest BCUT2D eigenvalue weighted by Crippen LogP contribution is -2.37. The second-order valence-corrected chi connectivity index (χ2v) is 5.69. The van der Waals surface area contributed by atoms with Crippen LogP contribution in [-0.2, 0) is 0 Å². The van der Waals surface area contributed by atoms with Crippen LogP contribution in [0.1, 0.15) is 39.5 Å². The Kier molecular flexibility index (Phi) is 5.80. The fraction of sp³-hybridized carbons (Fsp3) is 1.00. The molecule has 1 unspecified atom stereocenters. The molecule has 1 saturated carbocycles. The second-order valence-electron chi connectivity index (χ2n) is 5.69. The Morgan fingerprint density at radius 1 is 1.41 bits per heavy atom. The average molecular weight is 248 g/mol. The van der Waals surface area contributed by atoms with Gasteiger partial charge in [-0.2, -0.15) is 0 Å². The molecule has 1 fully saturated rings. The van der Waals surface area contributed by atoms with Crippen LogP contribution >= 0.6 is 0 Å². The molecule has 0 spiro atoms. The van der Waals surface area contributed by atoms with Crippen molar-refractivity contribution >= 4 is 0 Å². The van der Waals surface area contributed by atoms with Crippen molar-refractivity contribution in [2.75, 3.05) is 26.7 Å². The number of hydrogen-bond donors (Lipinski definition) is 1. The molecule has 1 aliphatic carbocycles. The lowest BCUT2D eigenvalue weighted by atomic mass is 9.86. The monoisotopic (exact) mass is 248 g/mol. The first-order chi connectivity index (χ1) is 7.89. The van der Waals surface area contributed by atoms with Gasteiger partial charge in [-0.3, -0.25) is 0 Å². The van der Waals surface area contributed by atoms with Gasteiger partial charge in [-0.1, -0.05) is 13.8 Å². The highest BCUT2D eigenvalue weighted by molar-refractivity contribution is 4.80. The van der Waals surface area contributed by atoms with E-state index in [1.165, 1.54) is 0 Å². The Morgan fingerprint density at radius 3 is 2.71 bits per heavy atom. The molecule has 4 heteroatoms. The minimum absolute atomic E-state index is 0.0783. The molecule has 0 heterocycles. The van der Waals surface area contributed by atoms with Crippen LogP contribution in [0.5, 0.6) is 0 Å². The van der Waals surface area contributed by atoms with Gasteiger partial charge in [-0.05, 0) is 25.8 Å². The summed E-state index contributed by atoms with van der Waals surface area (Å²) < 4.78 is 26.5. The molecule has 0 bridgehead atoms. The normalized spacial score (nSPS) is 24.5. The van der Waals surface area contributed by atoms with E-state index in [9.17, 15) is 8.78 Å². The van der Waals surface area contributed by atoms with Gasteiger partial charge in [0.2, 0.25) is 5.92 Å². The highest BCUT2D eigenvalue weighted by Gasteiger charge is 2.36. The summed E-state index contributed by atoms with van der Waals surface area (Å²) in [6.45, 7) is 6.89. The van der Waals surface area contributed by atoms with E-state index in [1.807, 2.05) is 7.05 Å². The quantitative estimate of drug-likeness (QED) is 0.777. The molecule has 1 aliphatic rings. The third kappa shape index (κ3) is 6.32. The van der Waals surface area contributed by atoms with Crippen molar-refractivity contribution in [1.82, 2.24) is 10.2 Å². The molecule has 102 valence electrons. The highest BCUT2D eigenvalue weighted by Crippen LogP contribution is 2.36. The summed E-state index contributed by atoms with van der Waals surface area (Å²) in [5.41, 5.74) is 0. The molecule has 0 aliphatic heterocycles. The van der Waals surface area contributed by atoms with Crippen LogP contribution in [0.15, 0.2) is 0 Å². The van der Waals surface area contributed by atoms with Crippen LogP contribution in [0.25, 0.3) is 0 Å². The summed E-state index contributed by atoms with van der Waals surface area (Å²) in [5.74, 6) is -2.25. The van der Waals surface area contributed by atoms with Crippen molar-refractivity contribution in [2.24, 2.45) is 5.92 Å². The lowest BCUT2D eigenvalue weighted by molar-refractivity contribution is -0.0559. The maximum atomic E-state index is 13.2. The third-order valence-corrected chi connectivity index (χ3v) is 3.36. The van der Waals surface area contributed by atoms with Crippen molar-refractivity contribution in [2.45, 2.75) is 51.5 Å². The molecular formula is C13H26F2N2. The number of nitrogens with one attached hydrogen (secondary N) is 1. The molecule has 0 aromatic heterocycles. The number of alkyl halides is 2. The molecule has 1 rings (SSSR count). The van der Waals surface area contributed by atoms with E-state index in [0.717, 1.165) is 26.1 Å². The van der Waals surface area contributed by atoms with Gasteiger partial charge in [0.15, 0.2) is 0 Å². The van der Waals surface area contributed by atoms with Gasteiger partial charge in [0, 0.05) is 38.5 Å². The molecule has 0 amide bonds. The predicted molar refractivity (Wildman–Crippen MR) is 67.5 cm³/mol. The van der Waals surface area contributed by atoms with E-state index in [4.69, 9.17) is 0 Å². The van der Waals surface area contributed by atoms with Crippen LogP contribution in [-0.4, -0.2) is 43.5 Å². The standard InChI is InChI=1S/C13H26F2N2/c1-11(2)16-7-8-17(3)10-12-5-4-6-13(14,15)9-12/h11-12,16H,4-10H2,1-3H3. The number of rotatable bonds is 6. The van der Waals surface area contributed by atoms with Gasteiger partial charge < -0.3 is 10.2 Å². The summed E-state index contributed by atoms with van der Waals surface area (Å²) in [6.07, 6.45) is 1.80. The van der Waals surface area contributed by atoms with E-state index >= 15 is 0 Å². The summed E-state index contributed by atoms with van der Waals surface area (Å²) in [4.78, 5) is 2.17. The van der Waals surface area contributed by atoms with E-state index < -0.39 is 5.92 Å². The molecule has 0 saturated heterocycles. The third-order valence-electron chi connectivity index (χ3n) is 3.36. The Hall–Kier alpha value is -0.220. The molecule has 2 nitrogen and oxygen atoms in total. The van der Waals surface area contributed by atoms with Crippen molar-refractivity contribution in [1.29, 1.82) is 0 Å². The van der Waals surface area contributed by atoms with Crippen LogP contribution in [0.3, 0.4) is 0 Å². The maximum absolute atomic E-state index is 13.2. The topological polar surface area (TPSA) is 15.3 Å². The van der Waals surface area contributed by atoms with Gasteiger partial charge in [-0.25, -0.2) is 8.78 Å². The van der Waals surface area contributed by atoms with Crippen molar-refractivity contribution < 1.29 is 8.78 Å². The molecule has 1 atom stereocenters. The minimum Gasteiger partial charge on any atom is -0.313 e. The molecular weight excluding hydrogens is 222 g/mol. The SMILES string of the molecule is CC(C)NCCN(C)CC1CCCC(F)(F)C1. The predicted octanol–water partition coefficient (Wildman–Crippen LogP) is 2.74. The van der Waals surface area contributed by atoms with Crippen LogP contribution < -0.4 is 5.32 Å². The van der Waals surface area contributed by atoms with Gasteiger partial charge in [-0.15, -0.1) is 0 Å². The van der Waals surface area contributed by atoms with Gasteiger partial charge >= 0.3 is 0 Å². The Morgan fingerprint density at radius 2 is 2.12 bits per heavy atom. The average Bonchev–Trinajstić information content (AvgIpc) is 2.14. The fourth-order valence-corrected chi connectivity index (χ4v) is 2.51. The Bertz CT molecular complexity index is 219. The van der Waals surface area contributed by atoms with Crippen LogP contribution in [0, 0.1) is 5.92 Å². The summed E-state index contributed by atoms with van der Waals surface area (Å²) in [7, 11) is 2.02. The summed E-state index contributed by atoms with van der Waals surface area (Å²) in [6, 6.07) is 0.488. The summed E-state index contributed by atoms with van der Waals surface area (Å²) >= 11 is 0. The molecule has 0 aromatic rings. The first-order valence-electron chi connectivity index (χ1n) is 6.69. The number of nitrogens with zero attached hydrogens (tertiary/aromatic N) is 1. The van der Waals surface area contributed by atoms with E-state index in [2.05, 4.69) is 24.1 Å². The second kappa shape index (κ2) is 6.64. The van der Waals surface area contributed by atoms with Crippen LogP contribution in [0.4, 0.5) is 8.78 Å². The molecule has 1 N–H and O–H groups in total. The zero-order valence-corrected chi connectivity index (χ0v) is 11.3. The number of hydrogen-bond acceptors (Lipinski definition) is 2. The lowest BCUT2D eigenvalue weighted by Gasteiger charge is -2.31. The van der Waals surface area contributed by atoms with Crippen molar-refractivity contribution in [3.8, 4) is 0 Å². The van der Waals surface area contributed by atoms with E-state index in [1.54, 1.807) is 0 Å². The highest BCUT2D eigenvalue weighted by atomic mass is 19.3. The molecule has 0 aromatic carbocycles. The van der Waals surface area contributed by atoms with E-state index in [0.29, 0.717) is 12.5 Å². The Balaban J connectivity index is 2.19. The zero-order valence-electron chi connectivity index (χ0n) is 11.3. The van der Waals surface area contributed by atoms with Gasteiger partial charge in [0.25, 0.3) is 0 Å².